The van der Waals surface area contributed by atoms with Crippen molar-refractivity contribution in [1.29, 1.82) is 0 Å². The van der Waals surface area contributed by atoms with Crippen LogP contribution >= 0.6 is 11.3 Å². The number of aromatic nitrogens is 2. The van der Waals surface area contributed by atoms with Gasteiger partial charge in [0.05, 0.1) is 17.1 Å². The minimum Gasteiger partial charge on any atom is -0.360 e. The van der Waals surface area contributed by atoms with Gasteiger partial charge in [-0.3, -0.25) is 4.98 Å². The molecule has 0 aliphatic carbocycles. The van der Waals surface area contributed by atoms with Crippen molar-refractivity contribution in [3.63, 3.8) is 0 Å². The number of aryl methyl sites for hydroxylation is 3. The van der Waals surface area contributed by atoms with E-state index in [2.05, 4.69) is 81.2 Å². The molecule has 0 saturated carbocycles. The van der Waals surface area contributed by atoms with Gasteiger partial charge in [-0.15, -0.1) is 11.3 Å². The maximum absolute atomic E-state index is 4.98. The zero-order chi connectivity index (χ0) is 24.1. The molecule has 0 bridgehead atoms. The number of pyridine rings is 1. The number of thiazole rings is 1. The zero-order valence-corrected chi connectivity index (χ0v) is 21.4. The van der Waals surface area contributed by atoms with Crippen molar-refractivity contribution in [2.75, 3.05) is 0 Å². The average molecular weight is 468 g/mol. The van der Waals surface area contributed by atoms with Crippen LogP contribution in [0.25, 0.3) is 29.5 Å². The Labute approximate surface area is 207 Å². The first-order chi connectivity index (χ1) is 16.5. The molecule has 1 aliphatic rings. The molecular formula is C30H33N3S. The highest BCUT2D eigenvalue weighted by Gasteiger charge is 2.15. The molecule has 0 atom stereocenters. The normalized spacial score (nSPS) is 14.6. The molecule has 2 aromatic heterocycles. The fourth-order valence-corrected chi connectivity index (χ4v) is 5.54. The van der Waals surface area contributed by atoms with E-state index in [0.717, 1.165) is 63.8 Å². The molecule has 4 heteroatoms. The molecule has 0 saturated heterocycles. The Morgan fingerprint density at radius 3 is 2.76 bits per heavy atom. The van der Waals surface area contributed by atoms with Gasteiger partial charge >= 0.3 is 0 Å². The van der Waals surface area contributed by atoms with Crippen molar-refractivity contribution in [3.05, 3.63) is 97.7 Å². The smallest absolute Gasteiger partial charge is 0.123 e. The van der Waals surface area contributed by atoms with E-state index in [1.165, 1.54) is 21.7 Å². The van der Waals surface area contributed by atoms with E-state index < -0.39 is 0 Å². The lowest BCUT2D eigenvalue weighted by Gasteiger charge is -2.18. The maximum atomic E-state index is 4.98. The highest BCUT2D eigenvalue weighted by atomic mass is 32.1. The van der Waals surface area contributed by atoms with Gasteiger partial charge in [0.25, 0.3) is 0 Å². The van der Waals surface area contributed by atoms with E-state index in [0.29, 0.717) is 0 Å². The van der Waals surface area contributed by atoms with Crippen LogP contribution < -0.4 is 15.8 Å². The third kappa shape index (κ3) is 5.13. The van der Waals surface area contributed by atoms with Gasteiger partial charge in [-0.05, 0) is 85.2 Å². The minimum atomic E-state index is 0.858. The van der Waals surface area contributed by atoms with Crippen LogP contribution in [0.5, 0.6) is 0 Å². The van der Waals surface area contributed by atoms with Gasteiger partial charge in [0, 0.05) is 16.1 Å². The standard InChI is InChI=1S/C30H33N3S/c1-6-11-28-26(8-3)33-30(34-28)22(7-2)18-24-19-23(16-15-20(24)4)25-13-10-17-31-29(25)27-14-9-12-21(5)32-27/h7,9-10,12,14-19,31H,4,6,8,11,13H2,1-3,5H3/b22-7+,24-18-. The Kier molecular flexibility index (Phi) is 7.59. The summed E-state index contributed by atoms with van der Waals surface area (Å²) >= 11 is 1.83. The van der Waals surface area contributed by atoms with Gasteiger partial charge in [0.2, 0.25) is 0 Å². The molecule has 0 fully saturated rings. The van der Waals surface area contributed by atoms with Crippen molar-refractivity contribution in [3.8, 4) is 0 Å². The van der Waals surface area contributed by atoms with Crippen LogP contribution in [0.15, 0.2) is 54.8 Å². The second-order valence-corrected chi connectivity index (χ2v) is 9.65. The lowest BCUT2D eigenvalue weighted by Crippen LogP contribution is -2.24. The van der Waals surface area contributed by atoms with Gasteiger partial charge in [-0.25, -0.2) is 4.98 Å². The number of rotatable bonds is 7. The van der Waals surface area contributed by atoms with Crippen molar-refractivity contribution >= 4 is 40.8 Å². The van der Waals surface area contributed by atoms with Crippen molar-refractivity contribution in [2.24, 2.45) is 0 Å². The zero-order valence-electron chi connectivity index (χ0n) is 20.6. The van der Waals surface area contributed by atoms with Gasteiger partial charge in [0.15, 0.2) is 0 Å². The van der Waals surface area contributed by atoms with Crippen molar-refractivity contribution in [1.82, 2.24) is 15.3 Å². The molecule has 4 rings (SSSR count). The lowest BCUT2D eigenvalue weighted by molar-refractivity contribution is 0.905. The number of dihydropyridines is 1. The molecule has 1 aromatic carbocycles. The van der Waals surface area contributed by atoms with Crippen LogP contribution in [0, 0.1) is 6.92 Å². The molecule has 34 heavy (non-hydrogen) atoms. The summed E-state index contributed by atoms with van der Waals surface area (Å²) in [6, 6.07) is 12.7. The summed E-state index contributed by atoms with van der Waals surface area (Å²) in [6.07, 6.45) is 12.6. The summed E-state index contributed by atoms with van der Waals surface area (Å²) in [5, 5.41) is 6.67. The SMILES string of the molecule is C=c1ccc(C2=C(c3cccc(C)n3)NC=CC2)c/c1=C/C(=C\C)c1nc(CC)c(CCC)s1. The molecule has 174 valence electrons. The summed E-state index contributed by atoms with van der Waals surface area (Å²) in [5.41, 5.74) is 7.86. The van der Waals surface area contributed by atoms with Crippen LogP contribution in [0.3, 0.4) is 0 Å². The summed E-state index contributed by atoms with van der Waals surface area (Å²) in [6.45, 7) is 12.8. The number of nitrogens with zero attached hydrogens (tertiary/aromatic N) is 2. The van der Waals surface area contributed by atoms with E-state index in [-0.39, 0.29) is 0 Å². The summed E-state index contributed by atoms with van der Waals surface area (Å²) < 4.78 is 0. The first-order valence-electron chi connectivity index (χ1n) is 12.1. The molecule has 3 aromatic rings. The number of hydrogen-bond acceptors (Lipinski definition) is 4. The van der Waals surface area contributed by atoms with Gasteiger partial charge < -0.3 is 5.32 Å². The molecule has 0 unspecified atom stereocenters. The minimum absolute atomic E-state index is 0.858. The molecule has 0 spiro atoms. The Morgan fingerprint density at radius 2 is 2.03 bits per heavy atom. The number of hydrogen-bond donors (Lipinski definition) is 1. The maximum Gasteiger partial charge on any atom is 0.123 e. The van der Waals surface area contributed by atoms with E-state index in [4.69, 9.17) is 9.97 Å². The molecule has 1 N–H and O–H groups in total. The summed E-state index contributed by atoms with van der Waals surface area (Å²) in [5.74, 6) is 0. The van der Waals surface area contributed by atoms with Crippen LogP contribution in [-0.4, -0.2) is 9.97 Å². The molecule has 3 heterocycles. The predicted molar refractivity (Wildman–Crippen MR) is 147 cm³/mol. The van der Waals surface area contributed by atoms with Crippen LogP contribution in [0.1, 0.15) is 66.1 Å². The number of nitrogens with one attached hydrogen (secondary N) is 1. The Balaban J connectivity index is 1.79. The summed E-state index contributed by atoms with van der Waals surface area (Å²) in [4.78, 5) is 11.1. The predicted octanol–water partition coefficient (Wildman–Crippen LogP) is 6.03. The quantitative estimate of drug-likeness (QED) is 0.461. The third-order valence-electron chi connectivity index (χ3n) is 6.07. The van der Waals surface area contributed by atoms with E-state index in [1.807, 2.05) is 30.5 Å². The second-order valence-electron chi connectivity index (χ2n) is 8.56. The molecule has 0 radical (unpaired) electrons. The van der Waals surface area contributed by atoms with Crippen LogP contribution in [0.4, 0.5) is 0 Å². The summed E-state index contributed by atoms with van der Waals surface area (Å²) in [7, 11) is 0. The van der Waals surface area contributed by atoms with Gasteiger partial charge in [-0.2, -0.15) is 0 Å². The van der Waals surface area contributed by atoms with Crippen LogP contribution in [0.2, 0.25) is 0 Å². The topological polar surface area (TPSA) is 37.8 Å². The van der Waals surface area contributed by atoms with E-state index in [9.17, 15) is 0 Å². The first kappa shape index (κ1) is 23.9. The Bertz CT molecular complexity index is 1390. The fourth-order valence-electron chi connectivity index (χ4n) is 4.24. The number of allylic oxidation sites excluding steroid dienone is 4. The van der Waals surface area contributed by atoms with Gasteiger partial charge in [0.1, 0.15) is 5.01 Å². The van der Waals surface area contributed by atoms with Crippen molar-refractivity contribution < 1.29 is 0 Å². The Morgan fingerprint density at radius 1 is 1.18 bits per heavy atom. The van der Waals surface area contributed by atoms with Crippen LogP contribution in [-0.2, 0) is 12.8 Å². The molecule has 1 aliphatic heterocycles. The van der Waals surface area contributed by atoms with Crippen molar-refractivity contribution in [2.45, 2.75) is 53.4 Å². The molecular weight excluding hydrogens is 434 g/mol. The second kappa shape index (κ2) is 10.8. The molecule has 0 amide bonds. The fraction of sp³-hybridized carbons (Fsp3) is 0.267. The van der Waals surface area contributed by atoms with E-state index in [1.54, 1.807) is 0 Å². The first-order valence-corrected chi connectivity index (χ1v) is 12.9. The Hall–Kier alpha value is -3.24. The lowest BCUT2D eigenvalue weighted by atomic mass is 9.95. The highest BCUT2D eigenvalue weighted by Crippen LogP contribution is 2.29. The molecule has 3 nitrogen and oxygen atoms in total. The average Bonchev–Trinajstić information content (AvgIpc) is 3.26. The third-order valence-corrected chi connectivity index (χ3v) is 7.27. The monoisotopic (exact) mass is 467 g/mol. The largest absolute Gasteiger partial charge is 0.360 e. The van der Waals surface area contributed by atoms with Gasteiger partial charge in [-0.1, -0.05) is 57.2 Å². The number of benzene rings is 1. The highest BCUT2D eigenvalue weighted by molar-refractivity contribution is 7.13. The van der Waals surface area contributed by atoms with E-state index >= 15 is 0 Å².